The number of para-hydroxylation sites is 1. The molecule has 0 radical (unpaired) electrons. The van der Waals surface area contributed by atoms with E-state index in [4.69, 9.17) is 0 Å². The lowest BCUT2D eigenvalue weighted by Crippen LogP contribution is -2.36. The van der Waals surface area contributed by atoms with Crippen LogP contribution in [-0.2, 0) is 11.2 Å². The summed E-state index contributed by atoms with van der Waals surface area (Å²) in [5.74, 6) is 0.347. The van der Waals surface area contributed by atoms with Crippen LogP contribution in [0.4, 0.5) is 10.1 Å². The van der Waals surface area contributed by atoms with Crippen molar-refractivity contribution in [1.29, 1.82) is 0 Å². The molecule has 4 nitrogen and oxygen atoms in total. The predicted molar refractivity (Wildman–Crippen MR) is 104 cm³/mol. The highest BCUT2D eigenvalue weighted by Gasteiger charge is 2.26. The molecule has 2 saturated heterocycles. The van der Waals surface area contributed by atoms with E-state index in [1.165, 1.54) is 17.8 Å². The van der Waals surface area contributed by atoms with Crippen LogP contribution in [0, 0.1) is 5.82 Å². The largest absolute Gasteiger partial charge is 0.312 e. The zero-order valence-corrected chi connectivity index (χ0v) is 15.6. The first-order valence-electron chi connectivity index (χ1n) is 9.93. The fourth-order valence-corrected chi connectivity index (χ4v) is 4.23. The number of pyridine rings is 1. The third kappa shape index (κ3) is 4.19. The monoisotopic (exact) mass is 367 g/mol. The maximum absolute atomic E-state index is 13.1. The van der Waals surface area contributed by atoms with Gasteiger partial charge in [0.05, 0.1) is 6.20 Å². The molecule has 1 aromatic carbocycles. The molecule has 1 aromatic heterocycles. The van der Waals surface area contributed by atoms with E-state index in [1.54, 1.807) is 6.07 Å². The molecule has 2 fully saturated rings. The Morgan fingerprint density at radius 3 is 2.81 bits per heavy atom. The topological polar surface area (TPSA) is 36.4 Å². The standard InChI is InChI=1S/C22H26FN3O/c23-19-8-9-20(24-15-19)18-11-14-25(16-18)13-10-17-5-1-2-6-21(17)26-12-4-3-7-22(26)27/h1-2,5-6,8-9,15,18H,3-4,7,10-14,16H2. The summed E-state index contributed by atoms with van der Waals surface area (Å²) < 4.78 is 13.1. The number of carbonyl (C=O) groups excluding carboxylic acids is 1. The minimum Gasteiger partial charge on any atom is -0.312 e. The second kappa shape index (κ2) is 8.17. The Hall–Kier alpha value is -2.27. The molecule has 1 amide bonds. The average molecular weight is 367 g/mol. The van der Waals surface area contributed by atoms with Crippen LogP contribution < -0.4 is 4.90 Å². The maximum atomic E-state index is 13.1. The molecule has 5 heteroatoms. The van der Waals surface area contributed by atoms with Crippen molar-refractivity contribution in [1.82, 2.24) is 9.88 Å². The van der Waals surface area contributed by atoms with Gasteiger partial charge in [-0.2, -0.15) is 0 Å². The van der Waals surface area contributed by atoms with Crippen LogP contribution in [0.1, 0.15) is 42.9 Å². The zero-order valence-electron chi connectivity index (χ0n) is 15.6. The molecule has 2 aromatic rings. The van der Waals surface area contributed by atoms with Crippen molar-refractivity contribution in [2.24, 2.45) is 0 Å². The lowest BCUT2D eigenvalue weighted by atomic mass is 10.0. The molecule has 2 aliphatic rings. The summed E-state index contributed by atoms with van der Waals surface area (Å²) in [5.41, 5.74) is 3.31. The van der Waals surface area contributed by atoms with Gasteiger partial charge in [0.25, 0.3) is 0 Å². The van der Waals surface area contributed by atoms with E-state index in [0.29, 0.717) is 12.3 Å². The Bertz CT molecular complexity index is 792. The van der Waals surface area contributed by atoms with Gasteiger partial charge in [0.2, 0.25) is 5.91 Å². The SMILES string of the molecule is O=C1CCCCN1c1ccccc1CCN1CCC(c2ccc(F)cn2)C1. The number of rotatable bonds is 5. The molecule has 2 aliphatic heterocycles. The summed E-state index contributed by atoms with van der Waals surface area (Å²) in [6, 6.07) is 11.6. The summed E-state index contributed by atoms with van der Waals surface area (Å²) in [6.07, 6.45) is 6.05. The van der Waals surface area contributed by atoms with Gasteiger partial charge < -0.3 is 9.80 Å². The van der Waals surface area contributed by atoms with E-state index in [0.717, 1.165) is 63.2 Å². The van der Waals surface area contributed by atoms with E-state index in [-0.39, 0.29) is 11.7 Å². The van der Waals surface area contributed by atoms with Crippen LogP contribution in [0.15, 0.2) is 42.6 Å². The molecule has 3 heterocycles. The molecule has 0 bridgehead atoms. The second-order valence-electron chi connectivity index (χ2n) is 7.57. The van der Waals surface area contributed by atoms with E-state index in [9.17, 15) is 9.18 Å². The highest BCUT2D eigenvalue weighted by atomic mass is 19.1. The first-order valence-corrected chi connectivity index (χ1v) is 9.93. The first-order chi connectivity index (χ1) is 13.2. The van der Waals surface area contributed by atoms with E-state index >= 15 is 0 Å². The van der Waals surface area contributed by atoms with E-state index in [1.807, 2.05) is 11.0 Å². The number of anilines is 1. The molecule has 0 aliphatic carbocycles. The molecular formula is C22H26FN3O. The predicted octanol–water partition coefficient (Wildman–Crippen LogP) is 3.77. The van der Waals surface area contributed by atoms with Gasteiger partial charge >= 0.3 is 0 Å². The number of carbonyl (C=O) groups is 1. The van der Waals surface area contributed by atoms with Gasteiger partial charge in [-0.25, -0.2) is 4.39 Å². The molecule has 1 atom stereocenters. The van der Waals surface area contributed by atoms with Gasteiger partial charge in [0, 0.05) is 43.4 Å². The number of nitrogens with zero attached hydrogens (tertiary/aromatic N) is 3. The van der Waals surface area contributed by atoms with Crippen LogP contribution in [-0.4, -0.2) is 42.0 Å². The number of hydrogen-bond acceptors (Lipinski definition) is 3. The first kappa shape index (κ1) is 18.1. The fraction of sp³-hybridized carbons (Fsp3) is 0.455. The molecule has 142 valence electrons. The van der Waals surface area contributed by atoms with Crippen LogP contribution in [0.2, 0.25) is 0 Å². The molecule has 27 heavy (non-hydrogen) atoms. The lowest BCUT2D eigenvalue weighted by molar-refractivity contribution is -0.119. The Morgan fingerprint density at radius 2 is 2.00 bits per heavy atom. The van der Waals surface area contributed by atoms with Crippen LogP contribution in [0.25, 0.3) is 0 Å². The number of amides is 1. The average Bonchev–Trinajstić information content (AvgIpc) is 3.17. The van der Waals surface area contributed by atoms with Crippen LogP contribution in [0.3, 0.4) is 0 Å². The van der Waals surface area contributed by atoms with Crippen molar-refractivity contribution < 1.29 is 9.18 Å². The number of likely N-dealkylation sites (tertiary alicyclic amines) is 1. The molecule has 0 saturated carbocycles. The summed E-state index contributed by atoms with van der Waals surface area (Å²) in [7, 11) is 0. The van der Waals surface area contributed by atoms with Crippen molar-refractivity contribution in [3.05, 3.63) is 59.7 Å². The summed E-state index contributed by atoms with van der Waals surface area (Å²) in [5, 5.41) is 0. The minimum absolute atomic E-state index is 0.248. The van der Waals surface area contributed by atoms with E-state index < -0.39 is 0 Å². The van der Waals surface area contributed by atoms with Gasteiger partial charge in [-0.1, -0.05) is 18.2 Å². The van der Waals surface area contributed by atoms with Gasteiger partial charge in [0.1, 0.15) is 5.82 Å². The third-order valence-electron chi connectivity index (χ3n) is 5.74. The zero-order chi connectivity index (χ0) is 18.6. The van der Waals surface area contributed by atoms with Gasteiger partial charge in [0.15, 0.2) is 0 Å². The smallest absolute Gasteiger partial charge is 0.226 e. The van der Waals surface area contributed by atoms with Crippen LogP contribution >= 0.6 is 0 Å². The van der Waals surface area contributed by atoms with Gasteiger partial charge in [-0.3, -0.25) is 9.78 Å². The second-order valence-corrected chi connectivity index (χ2v) is 7.57. The van der Waals surface area contributed by atoms with Crippen molar-refractivity contribution >= 4 is 11.6 Å². The molecule has 1 unspecified atom stereocenters. The molecule has 0 spiro atoms. The number of aromatic nitrogens is 1. The third-order valence-corrected chi connectivity index (χ3v) is 5.74. The van der Waals surface area contributed by atoms with Crippen molar-refractivity contribution in [3.8, 4) is 0 Å². The summed E-state index contributed by atoms with van der Waals surface area (Å²) >= 11 is 0. The molecule has 4 rings (SSSR count). The molecular weight excluding hydrogens is 341 g/mol. The van der Waals surface area contributed by atoms with Gasteiger partial charge in [-0.15, -0.1) is 0 Å². The number of benzene rings is 1. The van der Waals surface area contributed by atoms with Gasteiger partial charge in [-0.05, 0) is 56.0 Å². The normalized spacial score (nSPS) is 21.0. The Kier molecular flexibility index (Phi) is 5.48. The lowest BCUT2D eigenvalue weighted by Gasteiger charge is -2.29. The van der Waals surface area contributed by atoms with E-state index in [2.05, 4.69) is 28.1 Å². The van der Waals surface area contributed by atoms with Crippen molar-refractivity contribution in [3.63, 3.8) is 0 Å². The summed E-state index contributed by atoms with van der Waals surface area (Å²) in [6.45, 7) is 3.80. The number of piperidine rings is 1. The van der Waals surface area contributed by atoms with Crippen LogP contribution in [0.5, 0.6) is 0 Å². The molecule has 0 N–H and O–H groups in total. The fourth-order valence-electron chi connectivity index (χ4n) is 4.23. The number of hydrogen-bond donors (Lipinski definition) is 0. The summed E-state index contributed by atoms with van der Waals surface area (Å²) in [4.78, 5) is 21.0. The van der Waals surface area contributed by atoms with Crippen molar-refractivity contribution in [2.45, 2.75) is 38.0 Å². The minimum atomic E-state index is -0.280. The highest BCUT2D eigenvalue weighted by Crippen LogP contribution is 2.28. The number of halogens is 1. The Balaban J connectivity index is 1.38. The maximum Gasteiger partial charge on any atom is 0.226 e. The quantitative estimate of drug-likeness (QED) is 0.807. The Morgan fingerprint density at radius 1 is 1.11 bits per heavy atom. The Labute approximate surface area is 160 Å². The highest BCUT2D eigenvalue weighted by molar-refractivity contribution is 5.94. The van der Waals surface area contributed by atoms with Crippen molar-refractivity contribution in [2.75, 3.05) is 31.1 Å².